The molecule has 174 valence electrons. The average molecular weight is 443 g/mol. The molecule has 7 nitrogen and oxygen atoms in total. The number of likely N-dealkylation sites (tertiary alicyclic amines) is 1. The first-order chi connectivity index (χ1) is 15.5. The van der Waals surface area contributed by atoms with Gasteiger partial charge in [0.1, 0.15) is 6.10 Å². The highest BCUT2D eigenvalue weighted by atomic mass is 16.5. The molecular formula is C25H34N2O5. The Morgan fingerprint density at radius 3 is 2.91 bits per heavy atom. The van der Waals surface area contributed by atoms with Crippen LogP contribution in [0.15, 0.2) is 12.1 Å². The van der Waals surface area contributed by atoms with Gasteiger partial charge in [-0.2, -0.15) is 0 Å². The highest BCUT2D eigenvalue weighted by Gasteiger charge is 2.73. The second-order valence-electron chi connectivity index (χ2n) is 10.6. The number of benzene rings is 1. The second-order valence-corrected chi connectivity index (χ2v) is 10.6. The molecule has 2 saturated carbocycles. The van der Waals surface area contributed by atoms with Crippen molar-refractivity contribution in [1.29, 1.82) is 0 Å². The molecule has 1 spiro atoms. The number of hydrogen-bond donors (Lipinski definition) is 3. The van der Waals surface area contributed by atoms with Crippen LogP contribution in [-0.4, -0.2) is 71.6 Å². The number of phenolic OH excluding ortho intramolecular Hbond substituents is 1. The van der Waals surface area contributed by atoms with Crippen molar-refractivity contribution in [2.45, 2.75) is 80.6 Å². The van der Waals surface area contributed by atoms with E-state index in [0.29, 0.717) is 24.8 Å². The minimum absolute atomic E-state index is 0.112. The van der Waals surface area contributed by atoms with E-state index in [-0.39, 0.29) is 35.3 Å². The van der Waals surface area contributed by atoms with Gasteiger partial charge in [-0.15, -0.1) is 0 Å². The number of nitrogens with one attached hydrogen (secondary N) is 1. The number of rotatable bonds is 8. The summed E-state index contributed by atoms with van der Waals surface area (Å²) in [4.78, 5) is 13.6. The van der Waals surface area contributed by atoms with Crippen molar-refractivity contribution in [3.8, 4) is 11.5 Å². The van der Waals surface area contributed by atoms with E-state index >= 15 is 0 Å². The highest BCUT2D eigenvalue weighted by Crippen LogP contribution is 2.66. The zero-order chi connectivity index (χ0) is 22.1. The molecule has 5 aliphatic rings. The van der Waals surface area contributed by atoms with Gasteiger partial charge in [-0.1, -0.05) is 6.07 Å². The van der Waals surface area contributed by atoms with Crippen LogP contribution in [-0.2, 0) is 21.4 Å². The van der Waals surface area contributed by atoms with Gasteiger partial charge in [-0.25, -0.2) is 0 Å². The maximum Gasteiger partial charge on any atom is 0.303 e. The number of aliphatic carboxylic acids is 1. The molecule has 0 radical (unpaired) electrons. The summed E-state index contributed by atoms with van der Waals surface area (Å²) in [6.07, 6.45) is 7.11. The third-order valence-corrected chi connectivity index (χ3v) is 9.06. The quantitative estimate of drug-likeness (QED) is 0.533. The Hall–Kier alpha value is -1.83. The molecule has 7 heteroatoms. The maximum absolute atomic E-state index is 10.9. The Bertz CT molecular complexity index is 933. The summed E-state index contributed by atoms with van der Waals surface area (Å²) in [5.41, 5.74) is 1.88. The molecule has 32 heavy (non-hydrogen) atoms. The van der Waals surface area contributed by atoms with Crippen LogP contribution in [0.5, 0.6) is 11.5 Å². The van der Waals surface area contributed by atoms with Crippen LogP contribution in [0.25, 0.3) is 0 Å². The summed E-state index contributed by atoms with van der Waals surface area (Å²) in [5, 5.41) is 23.4. The fourth-order valence-electron chi connectivity index (χ4n) is 7.61. The summed E-state index contributed by atoms with van der Waals surface area (Å²) in [5.74, 6) is 0.950. The lowest BCUT2D eigenvalue weighted by atomic mass is 9.48. The monoisotopic (exact) mass is 442 g/mol. The molecule has 2 heterocycles. The summed E-state index contributed by atoms with van der Waals surface area (Å²) < 4.78 is 13.2. The molecular weight excluding hydrogens is 408 g/mol. The lowest BCUT2D eigenvalue weighted by Crippen LogP contribution is -2.78. The van der Waals surface area contributed by atoms with Crippen molar-refractivity contribution in [1.82, 2.24) is 10.2 Å². The Labute approximate surface area is 189 Å². The van der Waals surface area contributed by atoms with Gasteiger partial charge < -0.3 is 25.0 Å². The Kier molecular flexibility index (Phi) is 4.76. The number of aromatic hydroxyl groups is 1. The van der Waals surface area contributed by atoms with E-state index in [1.165, 1.54) is 24.0 Å². The number of methoxy groups -OCH3 is 1. The molecule has 5 atom stereocenters. The molecule has 1 saturated heterocycles. The predicted molar refractivity (Wildman–Crippen MR) is 118 cm³/mol. The Balaban J connectivity index is 1.40. The molecule has 1 aromatic carbocycles. The van der Waals surface area contributed by atoms with Gasteiger partial charge in [-0.05, 0) is 75.6 Å². The van der Waals surface area contributed by atoms with Gasteiger partial charge in [0.15, 0.2) is 11.5 Å². The van der Waals surface area contributed by atoms with Crippen LogP contribution in [0.2, 0.25) is 0 Å². The summed E-state index contributed by atoms with van der Waals surface area (Å²) in [6.45, 7) is 2.85. The van der Waals surface area contributed by atoms with E-state index in [1.54, 1.807) is 6.07 Å². The van der Waals surface area contributed by atoms with Crippen LogP contribution < -0.4 is 10.1 Å². The molecule has 3 fully saturated rings. The minimum Gasteiger partial charge on any atom is -0.504 e. The van der Waals surface area contributed by atoms with Crippen LogP contribution in [0.4, 0.5) is 0 Å². The van der Waals surface area contributed by atoms with Crippen LogP contribution >= 0.6 is 0 Å². The standard InChI is InChI=1S/C25H34N2O5/c1-31-25-9-8-17(26-11-2-3-20(29)30)23-24(25)10-12-27(14-15-4-5-15)19(25)13-16-6-7-18(28)22(32-23)21(16)24/h6-7,15,17,19,23,26,28H,2-5,8-14H2,1H3,(H,29,30)/t17-,19?,23-,24-,25+/m0/s1. The van der Waals surface area contributed by atoms with E-state index in [4.69, 9.17) is 14.6 Å². The first-order valence-electron chi connectivity index (χ1n) is 12.3. The Morgan fingerprint density at radius 1 is 1.31 bits per heavy atom. The van der Waals surface area contributed by atoms with Gasteiger partial charge in [0.05, 0.1) is 11.0 Å². The average Bonchev–Trinajstić information content (AvgIpc) is 3.52. The third kappa shape index (κ3) is 2.74. The summed E-state index contributed by atoms with van der Waals surface area (Å²) in [6, 6.07) is 4.32. The maximum atomic E-state index is 10.9. The molecule has 0 aromatic heterocycles. The Morgan fingerprint density at radius 2 is 2.16 bits per heavy atom. The molecule has 1 aromatic rings. The van der Waals surface area contributed by atoms with Gasteiger partial charge in [0.25, 0.3) is 0 Å². The number of piperidine rings is 1. The van der Waals surface area contributed by atoms with Gasteiger partial charge in [0, 0.05) is 37.7 Å². The number of nitrogens with zero attached hydrogens (tertiary/aromatic N) is 1. The molecule has 1 unspecified atom stereocenters. The van der Waals surface area contributed by atoms with Crippen LogP contribution in [0.1, 0.15) is 56.1 Å². The number of hydrogen-bond acceptors (Lipinski definition) is 6. The summed E-state index contributed by atoms with van der Waals surface area (Å²) >= 11 is 0. The number of carboxylic acid groups (broad SMARTS) is 1. The van der Waals surface area contributed by atoms with Crippen LogP contribution in [0.3, 0.4) is 0 Å². The van der Waals surface area contributed by atoms with Crippen molar-refractivity contribution in [3.05, 3.63) is 23.3 Å². The molecule has 2 bridgehead atoms. The molecule has 6 rings (SSSR count). The van der Waals surface area contributed by atoms with Gasteiger partial charge in [-0.3, -0.25) is 9.69 Å². The lowest BCUT2D eigenvalue weighted by Gasteiger charge is -2.65. The number of carboxylic acids is 1. The van der Waals surface area contributed by atoms with Gasteiger partial charge >= 0.3 is 5.97 Å². The SMILES string of the molecule is CO[C@@]12CC[C@H](NCCCC(=O)O)[C@@H]3Oc4c(O)ccc5c4[C@@]31CCN(CC1CC1)C2C5. The highest BCUT2D eigenvalue weighted by molar-refractivity contribution is 5.66. The normalized spacial score (nSPS) is 37.1. The van der Waals surface area contributed by atoms with Crippen LogP contribution in [0, 0.1) is 5.92 Å². The minimum atomic E-state index is -0.760. The van der Waals surface area contributed by atoms with Crippen molar-refractivity contribution in [2.24, 2.45) is 5.92 Å². The van der Waals surface area contributed by atoms with E-state index < -0.39 is 5.97 Å². The van der Waals surface area contributed by atoms with Crippen molar-refractivity contribution >= 4 is 5.97 Å². The molecule has 2 aliphatic heterocycles. The topological polar surface area (TPSA) is 91.3 Å². The smallest absolute Gasteiger partial charge is 0.303 e. The number of phenols is 1. The van der Waals surface area contributed by atoms with E-state index in [2.05, 4.69) is 16.3 Å². The first-order valence-corrected chi connectivity index (χ1v) is 12.3. The third-order valence-electron chi connectivity index (χ3n) is 9.06. The summed E-state index contributed by atoms with van der Waals surface area (Å²) in [7, 11) is 1.87. The predicted octanol–water partition coefficient (Wildman–Crippen LogP) is 2.43. The fraction of sp³-hybridized carbons (Fsp3) is 0.720. The molecule has 3 N–H and O–H groups in total. The zero-order valence-electron chi connectivity index (χ0n) is 18.8. The number of ether oxygens (including phenoxy) is 2. The van der Waals surface area contributed by atoms with Crippen molar-refractivity contribution in [3.63, 3.8) is 0 Å². The van der Waals surface area contributed by atoms with Crippen molar-refractivity contribution in [2.75, 3.05) is 26.7 Å². The first kappa shape index (κ1) is 20.8. The zero-order valence-corrected chi connectivity index (χ0v) is 18.8. The molecule has 3 aliphatic carbocycles. The number of carbonyl (C=O) groups is 1. The van der Waals surface area contributed by atoms with Crippen molar-refractivity contribution < 1.29 is 24.5 Å². The van der Waals surface area contributed by atoms with E-state index in [9.17, 15) is 9.90 Å². The van der Waals surface area contributed by atoms with E-state index in [0.717, 1.165) is 44.7 Å². The van der Waals surface area contributed by atoms with Gasteiger partial charge in [0.2, 0.25) is 0 Å². The largest absolute Gasteiger partial charge is 0.504 e. The lowest BCUT2D eigenvalue weighted by molar-refractivity contribution is -0.207. The molecule has 0 amide bonds. The fourth-order valence-corrected chi connectivity index (χ4v) is 7.61. The second kappa shape index (κ2) is 7.34. The van der Waals surface area contributed by atoms with E-state index in [1.807, 2.05) is 7.11 Å².